The number of hydrogen-bond acceptors (Lipinski definition) is 3. The van der Waals surface area contributed by atoms with Crippen LogP contribution in [0.3, 0.4) is 0 Å². The van der Waals surface area contributed by atoms with Gasteiger partial charge in [-0.1, -0.05) is 0 Å². The number of nitrogens with zero attached hydrogens (tertiary/aromatic N) is 3. The van der Waals surface area contributed by atoms with Gasteiger partial charge in [0.1, 0.15) is 5.69 Å². The van der Waals surface area contributed by atoms with Crippen LogP contribution in [0.25, 0.3) is 0 Å². The van der Waals surface area contributed by atoms with Gasteiger partial charge < -0.3 is 14.6 Å². The summed E-state index contributed by atoms with van der Waals surface area (Å²) in [7, 11) is 1.83. The average molecular weight is 209 g/mol. The minimum Gasteiger partial charge on any atom is -0.391 e. The summed E-state index contributed by atoms with van der Waals surface area (Å²) in [5.74, 6) is -0.0886. The van der Waals surface area contributed by atoms with Gasteiger partial charge in [-0.2, -0.15) is 0 Å². The Morgan fingerprint density at radius 3 is 3.07 bits per heavy atom. The van der Waals surface area contributed by atoms with Crippen LogP contribution < -0.4 is 0 Å². The van der Waals surface area contributed by atoms with Crippen molar-refractivity contribution in [2.75, 3.05) is 13.1 Å². The summed E-state index contributed by atoms with van der Waals surface area (Å²) in [5, 5.41) is 9.46. The Balaban J connectivity index is 2.07. The van der Waals surface area contributed by atoms with E-state index in [9.17, 15) is 9.90 Å². The van der Waals surface area contributed by atoms with E-state index in [0.717, 1.165) is 12.8 Å². The molecule has 1 saturated heterocycles. The van der Waals surface area contributed by atoms with Crippen LogP contribution in [0, 0.1) is 0 Å². The fraction of sp³-hybridized carbons (Fsp3) is 0.600. The number of carbonyl (C=O) groups excluding carboxylic acids is 1. The van der Waals surface area contributed by atoms with E-state index in [2.05, 4.69) is 4.98 Å². The van der Waals surface area contributed by atoms with Crippen molar-refractivity contribution in [1.29, 1.82) is 0 Å². The van der Waals surface area contributed by atoms with E-state index in [0.29, 0.717) is 18.8 Å². The Morgan fingerprint density at radius 2 is 2.47 bits per heavy atom. The van der Waals surface area contributed by atoms with E-state index in [1.165, 1.54) is 0 Å². The lowest BCUT2D eigenvalue weighted by Gasteiger charge is -2.29. The first-order valence-corrected chi connectivity index (χ1v) is 5.12. The molecule has 1 aromatic heterocycles. The minimum absolute atomic E-state index is 0.0886. The summed E-state index contributed by atoms with van der Waals surface area (Å²) in [6, 6.07) is 0. The van der Waals surface area contributed by atoms with Crippen LogP contribution in [0.2, 0.25) is 0 Å². The number of rotatable bonds is 1. The van der Waals surface area contributed by atoms with Crippen LogP contribution in [0.15, 0.2) is 12.5 Å². The molecule has 1 amide bonds. The van der Waals surface area contributed by atoms with Crippen molar-refractivity contribution in [1.82, 2.24) is 14.5 Å². The molecule has 0 aliphatic carbocycles. The molecule has 5 heteroatoms. The van der Waals surface area contributed by atoms with Crippen LogP contribution in [0.1, 0.15) is 23.3 Å². The van der Waals surface area contributed by atoms with Crippen molar-refractivity contribution in [3.8, 4) is 0 Å². The lowest BCUT2D eigenvalue weighted by Crippen LogP contribution is -2.42. The molecule has 15 heavy (non-hydrogen) atoms. The molecule has 5 nitrogen and oxygen atoms in total. The first-order chi connectivity index (χ1) is 7.16. The zero-order valence-corrected chi connectivity index (χ0v) is 8.76. The number of aliphatic hydroxyl groups excluding tert-OH is 1. The molecule has 1 N–H and O–H groups in total. The highest BCUT2D eigenvalue weighted by molar-refractivity contribution is 5.92. The van der Waals surface area contributed by atoms with Gasteiger partial charge >= 0.3 is 0 Å². The molecular weight excluding hydrogens is 194 g/mol. The predicted octanol–water partition coefficient (Wildman–Crippen LogP) is 0.0170. The number of aryl methyl sites for hydroxylation is 1. The van der Waals surface area contributed by atoms with Gasteiger partial charge in [0, 0.05) is 26.3 Å². The van der Waals surface area contributed by atoms with Gasteiger partial charge in [-0.15, -0.1) is 0 Å². The Labute approximate surface area is 88.3 Å². The maximum atomic E-state index is 11.9. The molecule has 1 atom stereocenters. The molecule has 82 valence electrons. The lowest BCUT2D eigenvalue weighted by molar-refractivity contribution is 0.0469. The lowest BCUT2D eigenvalue weighted by atomic mass is 10.1. The van der Waals surface area contributed by atoms with E-state index < -0.39 is 0 Å². The number of amides is 1. The predicted molar refractivity (Wildman–Crippen MR) is 54.4 cm³/mol. The van der Waals surface area contributed by atoms with Crippen LogP contribution in [0.4, 0.5) is 0 Å². The third-order valence-corrected chi connectivity index (χ3v) is 2.61. The number of piperidine rings is 1. The first-order valence-electron chi connectivity index (χ1n) is 5.12. The van der Waals surface area contributed by atoms with Crippen molar-refractivity contribution in [2.45, 2.75) is 18.9 Å². The quantitative estimate of drug-likeness (QED) is 0.709. The summed E-state index contributed by atoms with van der Waals surface area (Å²) in [5.41, 5.74) is 0.451. The third kappa shape index (κ3) is 2.18. The molecule has 0 bridgehead atoms. The number of imidazole rings is 1. The molecule has 0 saturated carbocycles. The smallest absolute Gasteiger partial charge is 0.274 e. The highest BCUT2D eigenvalue weighted by Gasteiger charge is 2.24. The van der Waals surface area contributed by atoms with Crippen molar-refractivity contribution in [2.24, 2.45) is 7.05 Å². The van der Waals surface area contributed by atoms with E-state index >= 15 is 0 Å². The molecule has 0 spiro atoms. The van der Waals surface area contributed by atoms with Crippen LogP contribution in [-0.2, 0) is 7.05 Å². The van der Waals surface area contributed by atoms with Crippen LogP contribution in [0.5, 0.6) is 0 Å². The SMILES string of the molecule is Cn1cnc(C(=O)N2CCCC(O)C2)c1. The molecule has 1 aliphatic rings. The fourth-order valence-electron chi connectivity index (χ4n) is 1.82. The van der Waals surface area contributed by atoms with Crippen LogP contribution >= 0.6 is 0 Å². The zero-order chi connectivity index (χ0) is 10.8. The van der Waals surface area contributed by atoms with Gasteiger partial charge in [-0.3, -0.25) is 4.79 Å². The monoisotopic (exact) mass is 209 g/mol. The molecule has 1 unspecified atom stereocenters. The molecule has 1 aromatic rings. The topological polar surface area (TPSA) is 58.4 Å². The van der Waals surface area contributed by atoms with Gasteiger partial charge in [-0.25, -0.2) is 4.98 Å². The summed E-state index contributed by atoms with van der Waals surface area (Å²) in [4.78, 5) is 17.6. The largest absolute Gasteiger partial charge is 0.391 e. The van der Waals surface area contributed by atoms with Gasteiger partial charge in [0.05, 0.1) is 12.4 Å². The van der Waals surface area contributed by atoms with E-state index in [1.807, 2.05) is 7.05 Å². The Kier molecular flexibility index (Phi) is 2.73. The molecule has 0 aromatic carbocycles. The zero-order valence-electron chi connectivity index (χ0n) is 8.76. The van der Waals surface area contributed by atoms with Gasteiger partial charge in [-0.05, 0) is 12.8 Å². The molecule has 2 rings (SSSR count). The van der Waals surface area contributed by atoms with Gasteiger partial charge in [0.2, 0.25) is 0 Å². The van der Waals surface area contributed by atoms with E-state index in [1.54, 1.807) is 22.0 Å². The van der Waals surface area contributed by atoms with Gasteiger partial charge in [0.25, 0.3) is 5.91 Å². The van der Waals surface area contributed by atoms with E-state index in [-0.39, 0.29) is 12.0 Å². The minimum atomic E-state index is -0.383. The Hall–Kier alpha value is -1.36. The number of carbonyl (C=O) groups is 1. The number of β-amino-alcohol motifs (C(OH)–C–C–N with tert-alkyl or cyclic N) is 1. The number of aliphatic hydroxyl groups is 1. The number of likely N-dealkylation sites (tertiary alicyclic amines) is 1. The maximum Gasteiger partial charge on any atom is 0.274 e. The second-order valence-electron chi connectivity index (χ2n) is 3.97. The Bertz CT molecular complexity index is 361. The standard InChI is InChI=1S/C10H15N3O2/c1-12-6-9(11-7-12)10(15)13-4-2-3-8(14)5-13/h6-8,14H,2-5H2,1H3. The fourth-order valence-corrected chi connectivity index (χ4v) is 1.82. The molecule has 2 heterocycles. The molecular formula is C10H15N3O2. The normalized spacial score (nSPS) is 21.7. The van der Waals surface area contributed by atoms with Crippen molar-refractivity contribution >= 4 is 5.91 Å². The maximum absolute atomic E-state index is 11.9. The second kappa shape index (κ2) is 4.02. The van der Waals surface area contributed by atoms with Crippen molar-refractivity contribution in [3.05, 3.63) is 18.2 Å². The first kappa shape index (κ1) is 10.2. The second-order valence-corrected chi connectivity index (χ2v) is 3.97. The number of aromatic nitrogens is 2. The van der Waals surface area contributed by atoms with Gasteiger partial charge in [0.15, 0.2) is 0 Å². The summed E-state index contributed by atoms with van der Waals surface area (Å²) in [6.45, 7) is 1.14. The highest BCUT2D eigenvalue weighted by atomic mass is 16.3. The summed E-state index contributed by atoms with van der Waals surface area (Å²) >= 11 is 0. The Morgan fingerprint density at radius 1 is 1.67 bits per heavy atom. The summed E-state index contributed by atoms with van der Waals surface area (Å²) in [6.07, 6.45) is 4.56. The van der Waals surface area contributed by atoms with Crippen molar-refractivity contribution < 1.29 is 9.90 Å². The van der Waals surface area contributed by atoms with Crippen molar-refractivity contribution in [3.63, 3.8) is 0 Å². The molecule has 0 radical (unpaired) electrons. The van der Waals surface area contributed by atoms with E-state index in [4.69, 9.17) is 0 Å². The third-order valence-electron chi connectivity index (χ3n) is 2.61. The molecule has 1 fully saturated rings. The summed E-state index contributed by atoms with van der Waals surface area (Å²) < 4.78 is 1.74. The van der Waals surface area contributed by atoms with Crippen LogP contribution in [-0.4, -0.2) is 44.7 Å². The average Bonchev–Trinajstić information content (AvgIpc) is 2.64. The number of hydrogen-bond donors (Lipinski definition) is 1. The highest BCUT2D eigenvalue weighted by Crippen LogP contribution is 2.12. The molecule has 1 aliphatic heterocycles.